The van der Waals surface area contributed by atoms with E-state index in [9.17, 15) is 13.2 Å². The van der Waals surface area contributed by atoms with Crippen LogP contribution in [0.25, 0.3) is 0 Å². The Morgan fingerprint density at radius 2 is 1.81 bits per heavy atom. The molecule has 0 saturated carbocycles. The molecule has 0 heterocycles. The molecule has 5 heteroatoms. The Morgan fingerprint density at radius 3 is 2.29 bits per heavy atom. The van der Waals surface area contributed by atoms with Gasteiger partial charge in [0.2, 0.25) is 0 Å². The Morgan fingerprint density at radius 1 is 1.24 bits per heavy atom. The summed E-state index contributed by atoms with van der Waals surface area (Å²) in [6.07, 6.45) is 0. The zero-order chi connectivity index (χ0) is 16.4. The minimum Gasteiger partial charge on any atom is -0.432 e. The highest BCUT2D eigenvalue weighted by Crippen LogP contribution is 2.31. The minimum absolute atomic E-state index is 0.0404. The molecule has 0 aliphatic heterocycles. The topological polar surface area (TPSA) is 21.6 Å². The van der Waals surface area contributed by atoms with Crippen molar-refractivity contribution in [2.75, 3.05) is 0 Å². The monoisotopic (exact) mass is 301 g/mol. The summed E-state index contributed by atoms with van der Waals surface area (Å²) in [5, 5.41) is 0. The van der Waals surface area contributed by atoms with Crippen molar-refractivity contribution < 1.29 is 17.9 Å². The first-order valence-corrected chi connectivity index (χ1v) is 6.82. The van der Waals surface area contributed by atoms with Crippen molar-refractivity contribution in [1.29, 1.82) is 0 Å². The van der Waals surface area contributed by atoms with Crippen molar-refractivity contribution in [3.63, 3.8) is 0 Å². The molecular weight excluding hydrogens is 279 g/mol. The van der Waals surface area contributed by atoms with E-state index in [-0.39, 0.29) is 11.3 Å². The lowest BCUT2D eigenvalue weighted by molar-refractivity contribution is -0.0522. The Balaban J connectivity index is 3.13. The number of nitrogens with zero attached hydrogens (tertiary/aromatic N) is 1. The summed E-state index contributed by atoms with van der Waals surface area (Å²) in [6.45, 7) is 8.88. The molecule has 1 unspecified atom stereocenters. The van der Waals surface area contributed by atoms with Crippen molar-refractivity contribution in [1.82, 2.24) is 0 Å². The van der Waals surface area contributed by atoms with E-state index in [4.69, 9.17) is 0 Å². The number of benzene rings is 1. The first-order chi connectivity index (χ1) is 9.52. The van der Waals surface area contributed by atoms with Gasteiger partial charge >= 0.3 is 6.61 Å². The van der Waals surface area contributed by atoms with Crippen LogP contribution in [0.2, 0.25) is 0 Å². The molecule has 0 saturated heterocycles. The maximum absolute atomic E-state index is 13.7. The van der Waals surface area contributed by atoms with Crippen LogP contribution in [0.15, 0.2) is 17.1 Å². The second-order valence-corrected chi connectivity index (χ2v) is 6.29. The lowest BCUT2D eigenvalue weighted by atomic mass is 9.79. The summed E-state index contributed by atoms with van der Waals surface area (Å²) >= 11 is 0. The second kappa shape index (κ2) is 6.50. The number of rotatable bonds is 4. The molecule has 0 fully saturated rings. The highest BCUT2D eigenvalue weighted by Gasteiger charge is 2.22. The van der Waals surface area contributed by atoms with E-state index < -0.39 is 18.2 Å². The van der Waals surface area contributed by atoms with Gasteiger partial charge in [-0.25, -0.2) is 4.39 Å². The highest BCUT2D eigenvalue weighted by molar-refractivity contribution is 5.87. The van der Waals surface area contributed by atoms with Crippen LogP contribution >= 0.6 is 0 Å². The van der Waals surface area contributed by atoms with E-state index in [1.807, 2.05) is 6.92 Å². The smallest absolute Gasteiger partial charge is 0.387 e. The van der Waals surface area contributed by atoms with Gasteiger partial charge in [0.1, 0.15) is 0 Å². The number of ether oxygens (including phenoxy) is 1. The quantitative estimate of drug-likeness (QED) is 0.672. The Labute approximate surface area is 124 Å². The molecule has 21 heavy (non-hydrogen) atoms. The average molecular weight is 301 g/mol. The largest absolute Gasteiger partial charge is 0.432 e. The standard InChI is InChI=1S/C16H22F3NO/c1-9-7-14(21-15(18)19)12(17)8-13(9)20-11(3)10(2)16(4,5)6/h7-8,10,15H,1-6H3/b20-11-. The number of aliphatic imine (C=N–C) groups is 1. The molecule has 1 aromatic rings. The SMILES string of the molecule is C/C(=N/c1cc(F)c(OC(F)F)cc1C)C(C)C(C)(C)C. The van der Waals surface area contributed by atoms with Crippen molar-refractivity contribution in [2.24, 2.45) is 16.3 Å². The van der Waals surface area contributed by atoms with E-state index in [0.717, 1.165) is 11.8 Å². The van der Waals surface area contributed by atoms with E-state index in [1.165, 1.54) is 6.07 Å². The fourth-order valence-electron chi connectivity index (χ4n) is 1.86. The highest BCUT2D eigenvalue weighted by atomic mass is 19.3. The third-order valence-electron chi connectivity index (χ3n) is 3.69. The predicted octanol–water partition coefficient (Wildman–Crippen LogP) is 5.51. The first-order valence-electron chi connectivity index (χ1n) is 6.82. The fourth-order valence-corrected chi connectivity index (χ4v) is 1.86. The van der Waals surface area contributed by atoms with Crippen LogP contribution < -0.4 is 4.74 Å². The van der Waals surface area contributed by atoms with Crippen molar-refractivity contribution in [3.05, 3.63) is 23.5 Å². The molecule has 1 aromatic carbocycles. The fraction of sp³-hybridized carbons (Fsp3) is 0.562. The van der Waals surface area contributed by atoms with Gasteiger partial charge < -0.3 is 4.74 Å². The number of halogens is 3. The molecule has 0 aliphatic carbocycles. The van der Waals surface area contributed by atoms with Gasteiger partial charge in [-0.15, -0.1) is 0 Å². The summed E-state index contributed by atoms with van der Waals surface area (Å²) in [5.41, 5.74) is 1.93. The van der Waals surface area contributed by atoms with Crippen LogP contribution in [0.3, 0.4) is 0 Å². The second-order valence-electron chi connectivity index (χ2n) is 6.29. The van der Waals surface area contributed by atoms with Crippen LogP contribution in [0.1, 0.15) is 40.2 Å². The van der Waals surface area contributed by atoms with E-state index in [2.05, 4.69) is 37.4 Å². The van der Waals surface area contributed by atoms with E-state index in [1.54, 1.807) is 6.92 Å². The van der Waals surface area contributed by atoms with Gasteiger partial charge in [-0.1, -0.05) is 27.7 Å². The molecule has 0 spiro atoms. The predicted molar refractivity (Wildman–Crippen MR) is 79.2 cm³/mol. The summed E-state index contributed by atoms with van der Waals surface area (Å²) in [7, 11) is 0. The summed E-state index contributed by atoms with van der Waals surface area (Å²) in [4.78, 5) is 4.44. The van der Waals surface area contributed by atoms with Crippen LogP contribution in [-0.2, 0) is 0 Å². The zero-order valence-corrected chi connectivity index (χ0v) is 13.3. The van der Waals surface area contributed by atoms with Crippen LogP contribution in [-0.4, -0.2) is 12.3 Å². The lowest BCUT2D eigenvalue weighted by Gasteiger charge is -2.27. The third kappa shape index (κ3) is 4.76. The molecule has 0 aliphatic rings. The van der Waals surface area contributed by atoms with Gasteiger partial charge in [0, 0.05) is 11.8 Å². The Hall–Kier alpha value is -1.52. The molecule has 0 amide bonds. The van der Waals surface area contributed by atoms with Crippen molar-refractivity contribution >= 4 is 11.4 Å². The molecule has 118 valence electrons. The summed E-state index contributed by atoms with van der Waals surface area (Å²) in [6, 6.07) is 2.38. The molecule has 1 atom stereocenters. The zero-order valence-electron chi connectivity index (χ0n) is 13.3. The van der Waals surface area contributed by atoms with Gasteiger partial charge in [0.05, 0.1) is 5.69 Å². The van der Waals surface area contributed by atoms with Crippen LogP contribution in [0, 0.1) is 24.1 Å². The molecule has 0 bridgehead atoms. The maximum Gasteiger partial charge on any atom is 0.387 e. The molecule has 0 N–H and O–H groups in total. The maximum atomic E-state index is 13.7. The minimum atomic E-state index is -3.05. The molecule has 0 aromatic heterocycles. The van der Waals surface area contributed by atoms with E-state index in [0.29, 0.717) is 11.3 Å². The Bertz CT molecular complexity index is 533. The van der Waals surface area contributed by atoms with Crippen LogP contribution in [0.5, 0.6) is 5.75 Å². The van der Waals surface area contributed by atoms with Crippen LogP contribution in [0.4, 0.5) is 18.9 Å². The van der Waals surface area contributed by atoms with Gasteiger partial charge in [-0.05, 0) is 36.8 Å². The lowest BCUT2D eigenvalue weighted by Crippen LogP contribution is -2.23. The van der Waals surface area contributed by atoms with Gasteiger partial charge in [-0.2, -0.15) is 8.78 Å². The van der Waals surface area contributed by atoms with E-state index >= 15 is 0 Å². The Kier molecular flexibility index (Phi) is 5.42. The van der Waals surface area contributed by atoms with Gasteiger partial charge in [0.15, 0.2) is 11.6 Å². The number of aryl methyl sites for hydroxylation is 1. The molecule has 2 nitrogen and oxygen atoms in total. The molecule has 0 radical (unpaired) electrons. The normalized spacial score (nSPS) is 14.5. The summed E-state index contributed by atoms with van der Waals surface area (Å²) < 4.78 is 42.2. The van der Waals surface area contributed by atoms with Crippen molar-refractivity contribution in [2.45, 2.75) is 48.2 Å². The van der Waals surface area contributed by atoms with Gasteiger partial charge in [0.25, 0.3) is 0 Å². The van der Waals surface area contributed by atoms with Gasteiger partial charge in [-0.3, -0.25) is 4.99 Å². The molecule has 1 rings (SSSR count). The number of hydrogen-bond donors (Lipinski definition) is 0. The number of hydrogen-bond acceptors (Lipinski definition) is 2. The average Bonchev–Trinajstić information content (AvgIpc) is 2.32. The summed E-state index contributed by atoms with van der Waals surface area (Å²) in [5.74, 6) is -1.09. The number of alkyl halides is 2. The first kappa shape index (κ1) is 17.5. The third-order valence-corrected chi connectivity index (χ3v) is 3.69. The van der Waals surface area contributed by atoms with Crippen molar-refractivity contribution in [3.8, 4) is 5.75 Å². The molecular formula is C16H22F3NO.